The third kappa shape index (κ3) is 7.95. The van der Waals surface area contributed by atoms with Crippen molar-refractivity contribution < 1.29 is 18.0 Å². The average Bonchev–Trinajstić information content (AvgIpc) is 2.99. The fraction of sp³-hybridized carbons (Fsp3) is 0.412. The molecule has 3 aromatic carbocycles. The van der Waals surface area contributed by atoms with Crippen LogP contribution in [-0.4, -0.2) is 43.8 Å². The normalized spacial score (nSPS) is 14.6. The average molecular weight is 659 g/mol. The van der Waals surface area contributed by atoms with Crippen LogP contribution in [0.5, 0.6) is 0 Å². The molecule has 0 spiro atoms. The predicted octanol–water partition coefficient (Wildman–Crippen LogP) is 7.37. The van der Waals surface area contributed by atoms with Crippen LogP contribution in [-0.2, 0) is 26.2 Å². The number of amides is 2. The zero-order chi connectivity index (χ0) is 32.0. The fourth-order valence-corrected chi connectivity index (χ4v) is 7.64. The molecule has 4 rings (SSSR count). The number of rotatable bonds is 11. The van der Waals surface area contributed by atoms with Crippen LogP contribution in [0.4, 0.5) is 5.69 Å². The summed E-state index contributed by atoms with van der Waals surface area (Å²) in [5.74, 6) is -0.807. The van der Waals surface area contributed by atoms with E-state index in [4.69, 9.17) is 23.2 Å². The van der Waals surface area contributed by atoms with Crippen LogP contribution in [0.2, 0.25) is 10.0 Å². The molecule has 0 heterocycles. The standard InChI is InChI=1S/C34H41Cl2N3O4S/c1-5-31(34(41)37-26-10-7-6-8-11-26)38(21-28-29(35)12-9-13-30(28)36)33(40)22-39(32-20-24(3)14-17-25(32)4)44(42,43)27-18-15-23(2)16-19-27/h9,12-20,26,31H,5-8,10-11,21-22H2,1-4H3,(H,37,41). The van der Waals surface area contributed by atoms with Crippen molar-refractivity contribution in [2.75, 3.05) is 10.8 Å². The molecule has 1 saturated carbocycles. The summed E-state index contributed by atoms with van der Waals surface area (Å²) >= 11 is 13.1. The summed E-state index contributed by atoms with van der Waals surface area (Å²) in [6.07, 6.45) is 5.33. The van der Waals surface area contributed by atoms with Crippen molar-refractivity contribution in [2.45, 2.75) is 89.7 Å². The Bertz CT molecular complexity index is 1570. The molecule has 1 fully saturated rings. The van der Waals surface area contributed by atoms with E-state index in [2.05, 4.69) is 5.32 Å². The molecule has 1 N–H and O–H groups in total. The molecular formula is C34H41Cl2N3O4S. The van der Waals surface area contributed by atoms with Gasteiger partial charge in [0.15, 0.2) is 0 Å². The number of benzene rings is 3. The minimum Gasteiger partial charge on any atom is -0.352 e. The number of aryl methyl sites for hydroxylation is 3. The molecule has 0 radical (unpaired) electrons. The highest BCUT2D eigenvalue weighted by atomic mass is 35.5. The van der Waals surface area contributed by atoms with E-state index in [-0.39, 0.29) is 23.4 Å². The largest absolute Gasteiger partial charge is 0.352 e. The Kier molecular flexibility index (Phi) is 11.4. The Morgan fingerprint density at radius 1 is 0.909 bits per heavy atom. The molecule has 0 bridgehead atoms. The van der Waals surface area contributed by atoms with Crippen LogP contribution in [0, 0.1) is 20.8 Å². The SMILES string of the molecule is CCC(C(=O)NC1CCCCC1)N(Cc1c(Cl)cccc1Cl)C(=O)CN(c1cc(C)ccc1C)S(=O)(=O)c1ccc(C)cc1. The Morgan fingerprint density at radius 2 is 1.52 bits per heavy atom. The Labute approximate surface area is 271 Å². The van der Waals surface area contributed by atoms with Gasteiger partial charge in [-0.15, -0.1) is 0 Å². The number of sulfonamides is 1. The highest BCUT2D eigenvalue weighted by molar-refractivity contribution is 7.92. The molecule has 3 aromatic rings. The Hall–Kier alpha value is -3.07. The highest BCUT2D eigenvalue weighted by Crippen LogP contribution is 2.31. The number of anilines is 1. The highest BCUT2D eigenvalue weighted by Gasteiger charge is 2.35. The number of halogens is 2. The first-order valence-corrected chi connectivity index (χ1v) is 17.3. The summed E-state index contributed by atoms with van der Waals surface area (Å²) in [6, 6.07) is 16.3. The molecular weight excluding hydrogens is 617 g/mol. The van der Waals surface area contributed by atoms with Crippen molar-refractivity contribution >= 4 is 50.7 Å². The van der Waals surface area contributed by atoms with E-state index in [1.807, 2.05) is 39.8 Å². The number of hydrogen-bond acceptors (Lipinski definition) is 4. The van der Waals surface area contributed by atoms with Crippen LogP contribution in [0.1, 0.15) is 67.7 Å². The predicted molar refractivity (Wildman–Crippen MR) is 178 cm³/mol. The van der Waals surface area contributed by atoms with Crippen LogP contribution in [0.15, 0.2) is 65.6 Å². The van der Waals surface area contributed by atoms with Crippen LogP contribution in [0.3, 0.4) is 0 Å². The molecule has 1 atom stereocenters. The molecule has 1 aliphatic rings. The number of hydrogen-bond donors (Lipinski definition) is 1. The van der Waals surface area contributed by atoms with Gasteiger partial charge >= 0.3 is 0 Å². The molecule has 0 aromatic heterocycles. The number of nitrogens with one attached hydrogen (secondary N) is 1. The van der Waals surface area contributed by atoms with E-state index in [9.17, 15) is 18.0 Å². The van der Waals surface area contributed by atoms with Gasteiger partial charge in [0, 0.05) is 28.2 Å². The van der Waals surface area contributed by atoms with Crippen molar-refractivity contribution in [3.05, 3.63) is 93.0 Å². The number of nitrogens with zero attached hydrogens (tertiary/aromatic N) is 2. The molecule has 236 valence electrons. The van der Waals surface area contributed by atoms with Gasteiger partial charge in [-0.1, -0.05) is 85.3 Å². The summed E-state index contributed by atoms with van der Waals surface area (Å²) in [4.78, 5) is 29.7. The van der Waals surface area contributed by atoms with Crippen molar-refractivity contribution in [3.63, 3.8) is 0 Å². The summed E-state index contributed by atoms with van der Waals surface area (Å²) in [6.45, 7) is 6.82. The molecule has 7 nitrogen and oxygen atoms in total. The van der Waals surface area contributed by atoms with Gasteiger partial charge in [0.05, 0.1) is 10.6 Å². The number of carbonyl (C=O) groups is 2. The molecule has 1 unspecified atom stereocenters. The van der Waals surface area contributed by atoms with E-state index in [1.54, 1.807) is 48.5 Å². The lowest BCUT2D eigenvalue weighted by Gasteiger charge is -2.35. The minimum absolute atomic E-state index is 0.0412. The maximum absolute atomic E-state index is 14.4. The second kappa shape index (κ2) is 14.8. The van der Waals surface area contributed by atoms with Gasteiger partial charge in [0.1, 0.15) is 12.6 Å². The lowest BCUT2D eigenvalue weighted by molar-refractivity contribution is -0.140. The van der Waals surface area contributed by atoms with Gasteiger partial charge in [0.25, 0.3) is 10.0 Å². The zero-order valence-corrected chi connectivity index (χ0v) is 28.1. The number of carbonyl (C=O) groups excluding carboxylic acids is 2. The van der Waals surface area contributed by atoms with E-state index >= 15 is 0 Å². The van der Waals surface area contributed by atoms with Crippen molar-refractivity contribution in [3.8, 4) is 0 Å². The first-order valence-electron chi connectivity index (χ1n) is 15.1. The molecule has 10 heteroatoms. The zero-order valence-electron chi connectivity index (χ0n) is 25.8. The third-order valence-electron chi connectivity index (χ3n) is 8.25. The van der Waals surface area contributed by atoms with Gasteiger partial charge in [0.2, 0.25) is 11.8 Å². The Balaban J connectivity index is 1.77. The fourth-order valence-electron chi connectivity index (χ4n) is 5.66. The summed E-state index contributed by atoms with van der Waals surface area (Å²) in [7, 11) is -4.17. The molecule has 0 saturated heterocycles. The van der Waals surface area contributed by atoms with Crippen LogP contribution >= 0.6 is 23.2 Å². The second-order valence-corrected chi connectivity index (χ2v) is 14.3. The van der Waals surface area contributed by atoms with Gasteiger partial charge < -0.3 is 10.2 Å². The third-order valence-corrected chi connectivity index (χ3v) is 10.7. The smallest absolute Gasteiger partial charge is 0.264 e. The summed E-state index contributed by atoms with van der Waals surface area (Å²) in [5, 5.41) is 3.87. The monoisotopic (exact) mass is 657 g/mol. The summed E-state index contributed by atoms with van der Waals surface area (Å²) in [5.41, 5.74) is 3.35. The maximum atomic E-state index is 14.4. The van der Waals surface area contributed by atoms with Gasteiger partial charge in [-0.05, 0) is 81.5 Å². The Morgan fingerprint density at radius 3 is 2.14 bits per heavy atom. The first kappa shape index (κ1) is 33.8. The van der Waals surface area contributed by atoms with Crippen LogP contribution in [0.25, 0.3) is 0 Å². The van der Waals surface area contributed by atoms with Crippen molar-refractivity contribution in [1.82, 2.24) is 10.2 Å². The first-order chi connectivity index (χ1) is 20.9. The van der Waals surface area contributed by atoms with E-state index in [1.165, 1.54) is 4.90 Å². The lowest BCUT2D eigenvalue weighted by Crippen LogP contribution is -2.54. The second-order valence-electron chi connectivity index (χ2n) is 11.6. The van der Waals surface area contributed by atoms with Crippen molar-refractivity contribution in [2.24, 2.45) is 0 Å². The van der Waals surface area contributed by atoms with E-state index < -0.39 is 28.5 Å². The summed E-state index contributed by atoms with van der Waals surface area (Å²) < 4.78 is 29.6. The molecule has 2 amide bonds. The lowest BCUT2D eigenvalue weighted by atomic mass is 9.95. The van der Waals surface area contributed by atoms with Crippen LogP contribution < -0.4 is 9.62 Å². The molecule has 0 aliphatic heterocycles. The van der Waals surface area contributed by atoms with Gasteiger partial charge in [-0.25, -0.2) is 8.42 Å². The molecule has 1 aliphatic carbocycles. The van der Waals surface area contributed by atoms with Gasteiger partial charge in [-0.3, -0.25) is 13.9 Å². The van der Waals surface area contributed by atoms with E-state index in [0.717, 1.165) is 47.5 Å². The van der Waals surface area contributed by atoms with E-state index in [0.29, 0.717) is 33.3 Å². The quantitative estimate of drug-likeness (QED) is 0.233. The topological polar surface area (TPSA) is 86.8 Å². The van der Waals surface area contributed by atoms with Gasteiger partial charge in [-0.2, -0.15) is 0 Å². The molecule has 44 heavy (non-hydrogen) atoms. The minimum atomic E-state index is -4.17. The maximum Gasteiger partial charge on any atom is 0.264 e. The van der Waals surface area contributed by atoms with Crippen molar-refractivity contribution in [1.29, 1.82) is 0 Å².